The molecule has 0 saturated carbocycles. The maximum atomic E-state index is 12.2. The molecule has 3 rings (SSSR count). The van der Waals surface area contributed by atoms with Crippen LogP contribution >= 0.6 is 27.7 Å². The molecule has 9 heteroatoms. The van der Waals surface area contributed by atoms with Gasteiger partial charge in [0.05, 0.1) is 12.4 Å². The summed E-state index contributed by atoms with van der Waals surface area (Å²) < 4.78 is 41.5. The van der Waals surface area contributed by atoms with Crippen molar-refractivity contribution in [3.63, 3.8) is 0 Å². The van der Waals surface area contributed by atoms with Gasteiger partial charge in [-0.1, -0.05) is 6.92 Å². The van der Waals surface area contributed by atoms with E-state index in [1.165, 1.54) is 12.1 Å². The molecular weight excluding hydrogens is 431 g/mol. The Labute approximate surface area is 161 Å². The third-order valence-electron chi connectivity index (χ3n) is 3.50. The molecular formula is C17H15BrF3N3OS. The molecule has 138 valence electrons. The zero-order valence-corrected chi connectivity index (χ0v) is 16.1. The van der Waals surface area contributed by atoms with Gasteiger partial charge in [-0.2, -0.15) is 0 Å². The second-order valence-corrected chi connectivity index (χ2v) is 7.54. The van der Waals surface area contributed by atoms with E-state index < -0.39 is 6.36 Å². The highest BCUT2D eigenvalue weighted by molar-refractivity contribution is 9.10. The largest absolute Gasteiger partial charge is 0.573 e. The molecule has 0 amide bonds. The highest BCUT2D eigenvalue weighted by atomic mass is 79.9. The lowest BCUT2D eigenvalue weighted by molar-refractivity contribution is -0.274. The Morgan fingerprint density at radius 3 is 2.69 bits per heavy atom. The van der Waals surface area contributed by atoms with Crippen molar-refractivity contribution in [2.24, 2.45) is 0 Å². The number of aromatic nitrogens is 1. The van der Waals surface area contributed by atoms with Gasteiger partial charge >= 0.3 is 6.36 Å². The highest BCUT2D eigenvalue weighted by Gasteiger charge is 2.31. The monoisotopic (exact) mass is 445 g/mol. The normalized spacial score (nSPS) is 14.2. The average Bonchev–Trinajstić information content (AvgIpc) is 3.04. The zero-order chi connectivity index (χ0) is 18.7. The number of nitrogens with one attached hydrogen (secondary N) is 1. The van der Waals surface area contributed by atoms with E-state index in [2.05, 4.69) is 37.9 Å². The fraction of sp³-hybridized carbons (Fsp3) is 0.235. The van der Waals surface area contributed by atoms with Crippen LogP contribution in [0.1, 0.15) is 12.6 Å². The summed E-state index contributed by atoms with van der Waals surface area (Å²) in [5, 5.41) is 3.28. The van der Waals surface area contributed by atoms with Gasteiger partial charge in [-0.05, 0) is 52.0 Å². The third kappa shape index (κ3) is 4.64. The number of hydrogen-bond donors (Lipinski definition) is 1. The molecule has 0 saturated heterocycles. The van der Waals surface area contributed by atoms with Crippen molar-refractivity contribution in [1.29, 1.82) is 0 Å². The van der Waals surface area contributed by atoms with Crippen LogP contribution in [-0.4, -0.2) is 23.8 Å². The van der Waals surface area contributed by atoms with Gasteiger partial charge in [0.2, 0.25) is 0 Å². The Hall–Kier alpha value is -1.87. The van der Waals surface area contributed by atoms with Crippen molar-refractivity contribution in [3.8, 4) is 5.75 Å². The molecule has 26 heavy (non-hydrogen) atoms. The second kappa shape index (κ2) is 7.79. The quantitative estimate of drug-likeness (QED) is 0.638. The Balaban J connectivity index is 1.80. The number of ether oxygens (including phenoxy) is 1. The minimum Gasteiger partial charge on any atom is -0.406 e. The number of thioether (sulfide) groups is 1. The molecule has 0 radical (unpaired) electrons. The van der Waals surface area contributed by atoms with Crippen LogP contribution in [0, 0.1) is 0 Å². The van der Waals surface area contributed by atoms with Crippen molar-refractivity contribution in [3.05, 3.63) is 52.9 Å². The summed E-state index contributed by atoms with van der Waals surface area (Å²) in [7, 11) is 0. The minimum atomic E-state index is -4.69. The maximum Gasteiger partial charge on any atom is 0.573 e. The lowest BCUT2D eigenvalue weighted by Crippen LogP contribution is -2.21. The van der Waals surface area contributed by atoms with E-state index >= 15 is 0 Å². The van der Waals surface area contributed by atoms with E-state index in [-0.39, 0.29) is 5.75 Å². The minimum absolute atomic E-state index is 0.242. The topological polar surface area (TPSA) is 37.4 Å². The van der Waals surface area contributed by atoms with E-state index in [1.807, 2.05) is 17.2 Å². The van der Waals surface area contributed by atoms with Gasteiger partial charge in [0.25, 0.3) is 0 Å². The third-order valence-corrected chi connectivity index (χ3v) is 4.85. The summed E-state index contributed by atoms with van der Waals surface area (Å²) in [5.74, 6) is 0.678. The Bertz CT molecular complexity index is 812. The second-order valence-electron chi connectivity index (χ2n) is 5.32. The predicted octanol–water partition coefficient (Wildman–Crippen LogP) is 5.22. The molecule has 1 aliphatic rings. The van der Waals surface area contributed by atoms with Crippen molar-refractivity contribution in [2.75, 3.05) is 17.3 Å². The van der Waals surface area contributed by atoms with Gasteiger partial charge < -0.3 is 15.0 Å². The molecule has 1 aromatic carbocycles. The van der Waals surface area contributed by atoms with Crippen LogP contribution in [0.4, 0.5) is 18.9 Å². The van der Waals surface area contributed by atoms with Gasteiger partial charge in [0.15, 0.2) is 0 Å². The predicted molar refractivity (Wildman–Crippen MR) is 99.9 cm³/mol. The number of benzene rings is 1. The first-order valence-electron chi connectivity index (χ1n) is 7.72. The van der Waals surface area contributed by atoms with E-state index in [0.29, 0.717) is 6.67 Å². The molecule has 0 atom stereocenters. The maximum absolute atomic E-state index is 12.2. The lowest BCUT2D eigenvalue weighted by Gasteiger charge is -2.15. The smallest absolute Gasteiger partial charge is 0.406 e. The Kier molecular flexibility index (Phi) is 5.67. The van der Waals surface area contributed by atoms with Crippen molar-refractivity contribution in [1.82, 2.24) is 10.3 Å². The van der Waals surface area contributed by atoms with E-state index in [9.17, 15) is 13.2 Å². The van der Waals surface area contributed by atoms with Crippen LogP contribution < -0.4 is 15.0 Å². The summed E-state index contributed by atoms with van der Waals surface area (Å²) >= 11 is 5.13. The highest BCUT2D eigenvalue weighted by Crippen LogP contribution is 2.31. The molecule has 0 spiro atoms. The summed E-state index contributed by atoms with van der Waals surface area (Å²) in [6.07, 6.45) is -1.05. The van der Waals surface area contributed by atoms with E-state index in [4.69, 9.17) is 0 Å². The fourth-order valence-electron chi connectivity index (χ4n) is 2.46. The molecule has 2 aromatic rings. The summed E-state index contributed by atoms with van der Waals surface area (Å²) in [4.78, 5) is 7.44. The summed E-state index contributed by atoms with van der Waals surface area (Å²) in [6, 6.07) is 7.78. The molecule has 4 nitrogen and oxygen atoms in total. The van der Waals surface area contributed by atoms with Crippen molar-refractivity contribution in [2.45, 2.75) is 18.2 Å². The first kappa shape index (κ1) is 18.9. The fourth-order valence-corrected chi connectivity index (χ4v) is 3.76. The van der Waals surface area contributed by atoms with Crippen LogP contribution in [0.15, 0.2) is 52.1 Å². The van der Waals surface area contributed by atoms with E-state index in [0.717, 1.165) is 32.2 Å². The van der Waals surface area contributed by atoms with Crippen molar-refractivity contribution >= 4 is 39.1 Å². The molecule has 2 heterocycles. The molecule has 0 unspecified atom stereocenters. The first-order valence-corrected chi connectivity index (χ1v) is 9.50. The summed E-state index contributed by atoms with van der Waals surface area (Å²) in [6.45, 7) is 2.57. The van der Waals surface area contributed by atoms with E-state index in [1.54, 1.807) is 30.1 Å². The van der Waals surface area contributed by atoms with Crippen LogP contribution in [-0.2, 0) is 0 Å². The van der Waals surface area contributed by atoms with Crippen molar-refractivity contribution < 1.29 is 17.9 Å². The lowest BCUT2D eigenvalue weighted by atomic mass is 10.2. The van der Waals surface area contributed by atoms with Gasteiger partial charge in [0.1, 0.15) is 11.4 Å². The number of rotatable bonds is 5. The van der Waals surface area contributed by atoms with Crippen LogP contribution in [0.5, 0.6) is 5.75 Å². The number of pyridine rings is 1. The average molecular weight is 446 g/mol. The number of halogens is 4. The zero-order valence-electron chi connectivity index (χ0n) is 13.7. The van der Waals surface area contributed by atoms with Crippen LogP contribution in [0.3, 0.4) is 0 Å². The molecule has 1 aromatic heterocycles. The molecule has 0 bridgehead atoms. The van der Waals surface area contributed by atoms with Gasteiger partial charge in [-0.3, -0.25) is 4.98 Å². The van der Waals surface area contributed by atoms with Gasteiger partial charge in [-0.15, -0.1) is 24.9 Å². The van der Waals surface area contributed by atoms with Crippen LogP contribution in [0.2, 0.25) is 0 Å². The first-order chi connectivity index (χ1) is 12.4. The molecule has 0 fully saturated rings. The Morgan fingerprint density at radius 1 is 1.31 bits per heavy atom. The standard InChI is InChI=1S/C17H15BrF3N3OS/c1-2-26-15-7-11(18)8-22-16(15)14-9-24(10-23-14)12-3-5-13(6-4-12)25-17(19,20)21/h3-9,23H,2,10H2,1H3. The molecule has 1 N–H and O–H groups in total. The SMILES string of the molecule is CCSc1cc(Br)cnc1C1=CN(c2ccc(OC(F)(F)F)cc2)CN1. The number of anilines is 1. The number of alkyl halides is 3. The van der Waals surface area contributed by atoms with Gasteiger partial charge in [-0.25, -0.2) is 0 Å². The summed E-state index contributed by atoms with van der Waals surface area (Å²) in [5.41, 5.74) is 2.47. The molecule has 0 aliphatic carbocycles. The number of nitrogens with zero attached hydrogens (tertiary/aromatic N) is 2. The van der Waals surface area contributed by atoms with Crippen LogP contribution in [0.25, 0.3) is 5.70 Å². The number of hydrogen-bond acceptors (Lipinski definition) is 5. The molecule has 1 aliphatic heterocycles. The van der Waals surface area contributed by atoms with Gasteiger partial charge in [0, 0.05) is 27.5 Å². The Morgan fingerprint density at radius 2 is 2.04 bits per heavy atom.